The van der Waals surface area contributed by atoms with Crippen LogP contribution in [0.5, 0.6) is 5.75 Å². The molecule has 0 aliphatic heterocycles. The normalized spacial score (nSPS) is 13.1. The van der Waals surface area contributed by atoms with E-state index in [9.17, 15) is 18.0 Å². The van der Waals surface area contributed by atoms with Crippen LogP contribution in [0, 0.1) is 5.92 Å². The summed E-state index contributed by atoms with van der Waals surface area (Å²) in [7, 11) is 1.48. The SMILES string of the molecule is COc1ccc(SCC(C(=O)O)C(F)(F)F)cc1. The predicted octanol–water partition coefficient (Wildman–Crippen LogP) is 3.05. The Kier molecular flexibility index (Phi) is 4.89. The molecular weight excluding hydrogens is 269 g/mol. The first-order valence-corrected chi connectivity index (χ1v) is 5.89. The average Bonchev–Trinajstić information content (AvgIpc) is 2.28. The van der Waals surface area contributed by atoms with Crippen molar-refractivity contribution in [2.45, 2.75) is 11.1 Å². The first-order valence-electron chi connectivity index (χ1n) is 4.91. The van der Waals surface area contributed by atoms with E-state index in [4.69, 9.17) is 9.84 Å². The molecule has 0 aliphatic rings. The van der Waals surface area contributed by atoms with Crippen molar-refractivity contribution in [1.29, 1.82) is 0 Å². The second kappa shape index (κ2) is 5.99. The van der Waals surface area contributed by atoms with Crippen LogP contribution in [0.25, 0.3) is 0 Å². The highest BCUT2D eigenvalue weighted by molar-refractivity contribution is 7.99. The Morgan fingerprint density at radius 1 is 1.39 bits per heavy atom. The number of aliphatic carboxylic acids is 1. The van der Waals surface area contributed by atoms with Crippen LogP contribution in [0.4, 0.5) is 13.2 Å². The van der Waals surface area contributed by atoms with E-state index >= 15 is 0 Å². The van der Waals surface area contributed by atoms with E-state index in [2.05, 4.69) is 0 Å². The molecule has 1 rings (SSSR count). The largest absolute Gasteiger partial charge is 0.497 e. The van der Waals surface area contributed by atoms with Crippen LogP contribution in [0.15, 0.2) is 29.2 Å². The second-order valence-corrected chi connectivity index (χ2v) is 4.51. The quantitative estimate of drug-likeness (QED) is 0.842. The fourth-order valence-electron chi connectivity index (χ4n) is 1.16. The van der Waals surface area contributed by atoms with Crippen molar-refractivity contribution in [3.8, 4) is 5.75 Å². The van der Waals surface area contributed by atoms with E-state index in [1.54, 1.807) is 24.3 Å². The maximum absolute atomic E-state index is 12.4. The molecule has 100 valence electrons. The fourth-order valence-corrected chi connectivity index (χ4v) is 2.18. The van der Waals surface area contributed by atoms with E-state index in [-0.39, 0.29) is 0 Å². The van der Waals surface area contributed by atoms with Crippen molar-refractivity contribution >= 4 is 17.7 Å². The number of alkyl halides is 3. The van der Waals surface area contributed by atoms with Crippen molar-refractivity contribution in [1.82, 2.24) is 0 Å². The summed E-state index contributed by atoms with van der Waals surface area (Å²) in [5.74, 6) is -4.18. The molecule has 0 saturated carbocycles. The average molecular weight is 280 g/mol. The van der Waals surface area contributed by atoms with Gasteiger partial charge >= 0.3 is 12.1 Å². The van der Waals surface area contributed by atoms with Crippen LogP contribution >= 0.6 is 11.8 Å². The van der Waals surface area contributed by atoms with E-state index in [1.165, 1.54) is 7.11 Å². The molecule has 1 N–H and O–H groups in total. The van der Waals surface area contributed by atoms with Gasteiger partial charge in [-0.15, -0.1) is 11.8 Å². The summed E-state index contributed by atoms with van der Waals surface area (Å²) in [5, 5.41) is 8.52. The lowest BCUT2D eigenvalue weighted by Gasteiger charge is -2.15. The molecule has 0 fully saturated rings. The predicted molar refractivity (Wildman–Crippen MR) is 60.9 cm³/mol. The number of carbonyl (C=O) groups is 1. The van der Waals surface area contributed by atoms with Gasteiger partial charge in [-0.25, -0.2) is 0 Å². The number of methoxy groups -OCH3 is 1. The summed E-state index contributed by atoms with van der Waals surface area (Å²) in [5.41, 5.74) is 0. The molecule has 1 atom stereocenters. The third kappa shape index (κ3) is 4.14. The van der Waals surface area contributed by atoms with Crippen molar-refractivity contribution in [2.75, 3.05) is 12.9 Å². The van der Waals surface area contributed by atoms with Crippen molar-refractivity contribution in [3.63, 3.8) is 0 Å². The van der Waals surface area contributed by atoms with Gasteiger partial charge in [0, 0.05) is 10.6 Å². The Morgan fingerprint density at radius 3 is 2.33 bits per heavy atom. The lowest BCUT2D eigenvalue weighted by atomic mass is 10.2. The second-order valence-electron chi connectivity index (χ2n) is 3.42. The molecule has 1 aromatic rings. The Balaban J connectivity index is 2.64. The van der Waals surface area contributed by atoms with Gasteiger partial charge in [0.05, 0.1) is 7.11 Å². The van der Waals surface area contributed by atoms with Gasteiger partial charge in [-0.1, -0.05) is 0 Å². The Morgan fingerprint density at radius 2 is 1.94 bits per heavy atom. The molecule has 0 saturated heterocycles. The summed E-state index contributed by atoms with van der Waals surface area (Å²) in [6.45, 7) is 0. The molecular formula is C11H11F3O3S. The van der Waals surface area contributed by atoms with Crippen molar-refractivity contribution in [2.24, 2.45) is 5.92 Å². The monoisotopic (exact) mass is 280 g/mol. The minimum Gasteiger partial charge on any atom is -0.497 e. The number of carboxylic acid groups (broad SMARTS) is 1. The minimum absolute atomic E-state index is 0.550. The van der Waals surface area contributed by atoms with E-state index in [1.807, 2.05) is 0 Å². The molecule has 0 bridgehead atoms. The van der Waals surface area contributed by atoms with E-state index in [0.29, 0.717) is 10.6 Å². The van der Waals surface area contributed by atoms with Crippen molar-refractivity contribution in [3.05, 3.63) is 24.3 Å². The highest BCUT2D eigenvalue weighted by Gasteiger charge is 2.44. The molecule has 0 radical (unpaired) electrons. The van der Waals surface area contributed by atoms with E-state index < -0.39 is 23.8 Å². The van der Waals surface area contributed by atoms with Gasteiger partial charge in [0.15, 0.2) is 5.92 Å². The fraction of sp³-hybridized carbons (Fsp3) is 0.364. The third-order valence-corrected chi connectivity index (χ3v) is 3.27. The van der Waals surface area contributed by atoms with Gasteiger partial charge in [-0.3, -0.25) is 4.79 Å². The summed E-state index contributed by atoms with van der Waals surface area (Å²) >= 11 is 0.847. The number of hydrogen-bond donors (Lipinski definition) is 1. The molecule has 0 spiro atoms. The van der Waals surface area contributed by atoms with Crippen LogP contribution in [-0.4, -0.2) is 30.1 Å². The number of carboxylic acids is 1. The molecule has 7 heteroatoms. The number of hydrogen-bond acceptors (Lipinski definition) is 3. The standard InChI is InChI=1S/C11H11F3O3S/c1-17-7-2-4-8(5-3-7)18-6-9(10(15)16)11(12,13)14/h2-5,9H,6H2,1H3,(H,15,16). The van der Waals surface area contributed by atoms with Gasteiger partial charge < -0.3 is 9.84 Å². The summed E-state index contributed by atoms with van der Waals surface area (Å²) < 4.78 is 42.0. The topological polar surface area (TPSA) is 46.5 Å². The zero-order valence-corrected chi connectivity index (χ0v) is 10.2. The Hall–Kier alpha value is -1.37. The number of rotatable bonds is 5. The van der Waals surface area contributed by atoms with Crippen molar-refractivity contribution < 1.29 is 27.8 Å². The maximum atomic E-state index is 12.4. The number of halogens is 3. The summed E-state index contributed by atoms with van der Waals surface area (Å²) in [6.07, 6.45) is -4.73. The van der Waals surface area contributed by atoms with Gasteiger partial charge in [-0.2, -0.15) is 13.2 Å². The lowest BCUT2D eigenvalue weighted by Crippen LogP contribution is -2.32. The van der Waals surface area contributed by atoms with Gasteiger partial charge in [-0.05, 0) is 24.3 Å². The van der Waals surface area contributed by atoms with Crippen LogP contribution in [0.3, 0.4) is 0 Å². The van der Waals surface area contributed by atoms with Crippen LogP contribution in [-0.2, 0) is 4.79 Å². The highest BCUT2D eigenvalue weighted by Crippen LogP contribution is 2.32. The molecule has 18 heavy (non-hydrogen) atoms. The molecule has 1 aromatic carbocycles. The third-order valence-electron chi connectivity index (χ3n) is 2.17. The smallest absolute Gasteiger partial charge is 0.403 e. The Bertz CT molecular complexity index is 403. The zero-order chi connectivity index (χ0) is 13.8. The number of ether oxygens (including phenoxy) is 1. The summed E-state index contributed by atoms with van der Waals surface area (Å²) in [4.78, 5) is 11.1. The first-order chi connectivity index (χ1) is 8.34. The molecule has 0 aromatic heterocycles. The molecule has 0 amide bonds. The minimum atomic E-state index is -4.73. The molecule has 3 nitrogen and oxygen atoms in total. The van der Waals surface area contributed by atoms with Crippen LogP contribution in [0.1, 0.15) is 0 Å². The van der Waals surface area contributed by atoms with Gasteiger partial charge in [0.25, 0.3) is 0 Å². The van der Waals surface area contributed by atoms with Gasteiger partial charge in [0.1, 0.15) is 5.75 Å². The lowest BCUT2D eigenvalue weighted by molar-refractivity contribution is -0.188. The summed E-state index contributed by atoms with van der Waals surface area (Å²) in [6, 6.07) is 6.37. The Labute approximate surface area is 106 Å². The maximum Gasteiger partial charge on any atom is 0.403 e. The van der Waals surface area contributed by atoms with Crippen LogP contribution < -0.4 is 4.74 Å². The van der Waals surface area contributed by atoms with Gasteiger partial charge in [0.2, 0.25) is 0 Å². The zero-order valence-electron chi connectivity index (χ0n) is 9.40. The van der Waals surface area contributed by atoms with E-state index in [0.717, 1.165) is 11.8 Å². The number of benzene rings is 1. The number of thioether (sulfide) groups is 1. The molecule has 1 unspecified atom stereocenters. The van der Waals surface area contributed by atoms with Crippen LogP contribution in [0.2, 0.25) is 0 Å². The molecule has 0 aliphatic carbocycles. The molecule has 0 heterocycles. The first kappa shape index (κ1) is 14.7. The highest BCUT2D eigenvalue weighted by atomic mass is 32.2.